The molecular formula is C26H24F2N2O5. The Balaban J connectivity index is 1.36. The standard InChI is InChI=1S/C26H24F2N2O5/c1-29(15-16-11-12-20(35-26(27)28)21(14-16)34-2)22(31)10-5-13-30-24(32)18-8-3-6-17-7-4-9-19(23(17)18)25(30)33/h3-4,6-9,11-12,14,26H,5,10,13,15H2,1-2H3. The summed E-state index contributed by atoms with van der Waals surface area (Å²) >= 11 is 0. The molecule has 1 aliphatic rings. The maximum atomic E-state index is 13.0. The minimum absolute atomic E-state index is 0.0895. The number of ether oxygens (including phenoxy) is 2. The first-order valence-electron chi connectivity index (χ1n) is 11.0. The molecule has 3 aromatic rings. The number of amides is 3. The van der Waals surface area contributed by atoms with Crippen molar-refractivity contribution in [2.75, 3.05) is 20.7 Å². The smallest absolute Gasteiger partial charge is 0.387 e. The Labute approximate surface area is 200 Å². The van der Waals surface area contributed by atoms with Gasteiger partial charge in [-0.3, -0.25) is 19.3 Å². The van der Waals surface area contributed by atoms with Gasteiger partial charge in [0.2, 0.25) is 5.91 Å². The van der Waals surface area contributed by atoms with Crippen LogP contribution in [0.5, 0.6) is 11.5 Å². The highest BCUT2D eigenvalue weighted by Gasteiger charge is 2.32. The van der Waals surface area contributed by atoms with Gasteiger partial charge in [-0.1, -0.05) is 30.3 Å². The second-order valence-corrected chi connectivity index (χ2v) is 8.19. The average Bonchev–Trinajstić information content (AvgIpc) is 2.84. The van der Waals surface area contributed by atoms with Crippen LogP contribution in [0.1, 0.15) is 39.1 Å². The lowest BCUT2D eigenvalue weighted by Crippen LogP contribution is -2.41. The summed E-state index contributed by atoms with van der Waals surface area (Å²) in [6.45, 7) is -2.63. The molecule has 35 heavy (non-hydrogen) atoms. The number of rotatable bonds is 9. The third-order valence-electron chi connectivity index (χ3n) is 5.92. The van der Waals surface area contributed by atoms with Gasteiger partial charge in [0.25, 0.3) is 11.8 Å². The number of nitrogens with zero attached hydrogens (tertiary/aromatic N) is 2. The zero-order chi connectivity index (χ0) is 25.1. The molecule has 1 aliphatic heterocycles. The summed E-state index contributed by atoms with van der Waals surface area (Å²) in [5, 5.41) is 1.50. The van der Waals surface area contributed by atoms with Gasteiger partial charge in [0.05, 0.1) is 7.11 Å². The molecule has 0 radical (unpaired) electrons. The van der Waals surface area contributed by atoms with E-state index in [9.17, 15) is 23.2 Å². The largest absolute Gasteiger partial charge is 0.493 e. The number of halogens is 2. The number of carbonyl (C=O) groups is 3. The first-order chi connectivity index (χ1) is 16.8. The Morgan fingerprint density at radius 1 is 1.00 bits per heavy atom. The molecule has 0 atom stereocenters. The summed E-state index contributed by atoms with van der Waals surface area (Å²) in [7, 11) is 2.96. The Morgan fingerprint density at radius 2 is 1.66 bits per heavy atom. The topological polar surface area (TPSA) is 76.2 Å². The van der Waals surface area contributed by atoms with Gasteiger partial charge in [0.15, 0.2) is 11.5 Å². The molecule has 0 spiro atoms. The number of hydrogen-bond acceptors (Lipinski definition) is 5. The normalized spacial score (nSPS) is 12.9. The molecule has 7 nitrogen and oxygen atoms in total. The van der Waals surface area contributed by atoms with Crippen molar-refractivity contribution in [2.45, 2.75) is 26.0 Å². The maximum absolute atomic E-state index is 13.0. The van der Waals surface area contributed by atoms with Crippen molar-refractivity contribution in [1.29, 1.82) is 0 Å². The predicted octanol–water partition coefficient (Wildman–Crippen LogP) is 4.48. The first-order valence-corrected chi connectivity index (χ1v) is 11.0. The van der Waals surface area contributed by atoms with Crippen LogP contribution in [0.3, 0.4) is 0 Å². The second kappa shape index (κ2) is 10.1. The minimum Gasteiger partial charge on any atom is -0.493 e. The Morgan fingerprint density at radius 3 is 2.26 bits per heavy atom. The SMILES string of the molecule is COc1cc(CN(C)C(=O)CCCN2C(=O)c3cccc4cccc(c34)C2=O)ccc1OC(F)F. The molecule has 3 amide bonds. The second-order valence-electron chi connectivity index (χ2n) is 8.19. The highest BCUT2D eigenvalue weighted by Crippen LogP contribution is 2.31. The molecule has 0 saturated heterocycles. The molecule has 9 heteroatoms. The molecular weight excluding hydrogens is 458 g/mol. The maximum Gasteiger partial charge on any atom is 0.387 e. The molecule has 0 bridgehead atoms. The summed E-state index contributed by atoms with van der Waals surface area (Å²) in [6, 6.07) is 15.2. The monoisotopic (exact) mass is 482 g/mol. The van der Waals surface area contributed by atoms with E-state index in [4.69, 9.17) is 4.74 Å². The number of imide groups is 1. The molecule has 3 aromatic carbocycles. The predicted molar refractivity (Wildman–Crippen MR) is 125 cm³/mol. The van der Waals surface area contributed by atoms with Gasteiger partial charge in [0.1, 0.15) is 0 Å². The van der Waals surface area contributed by atoms with E-state index in [1.54, 1.807) is 37.4 Å². The summed E-state index contributed by atoms with van der Waals surface area (Å²) in [6.07, 6.45) is 0.437. The van der Waals surface area contributed by atoms with Gasteiger partial charge in [-0.05, 0) is 41.6 Å². The molecule has 0 aliphatic carbocycles. The van der Waals surface area contributed by atoms with E-state index in [0.29, 0.717) is 28.5 Å². The number of hydrogen-bond donors (Lipinski definition) is 0. The number of carbonyl (C=O) groups excluding carboxylic acids is 3. The summed E-state index contributed by atoms with van der Waals surface area (Å²) in [5.74, 6) is -0.859. The fourth-order valence-electron chi connectivity index (χ4n) is 4.23. The van der Waals surface area contributed by atoms with E-state index >= 15 is 0 Å². The third kappa shape index (κ3) is 4.94. The van der Waals surface area contributed by atoms with E-state index in [1.165, 1.54) is 29.0 Å². The quantitative estimate of drug-likeness (QED) is 0.420. The molecule has 0 fully saturated rings. The van der Waals surface area contributed by atoms with Crippen LogP contribution in [0.15, 0.2) is 54.6 Å². The summed E-state index contributed by atoms with van der Waals surface area (Å²) in [4.78, 5) is 41.2. The Kier molecular flexibility index (Phi) is 6.95. The Bertz CT molecular complexity index is 1240. The molecule has 1 heterocycles. The summed E-state index contributed by atoms with van der Waals surface area (Å²) in [5.41, 5.74) is 1.63. The van der Waals surface area contributed by atoms with Crippen LogP contribution >= 0.6 is 0 Å². The van der Waals surface area contributed by atoms with E-state index in [0.717, 1.165) is 5.39 Å². The van der Waals surface area contributed by atoms with Crippen molar-refractivity contribution < 1.29 is 32.6 Å². The van der Waals surface area contributed by atoms with Crippen molar-refractivity contribution in [3.05, 3.63) is 71.3 Å². The van der Waals surface area contributed by atoms with Crippen LogP contribution in [0.25, 0.3) is 10.8 Å². The molecule has 4 rings (SSSR count). The molecule has 0 saturated carbocycles. The fourth-order valence-corrected chi connectivity index (χ4v) is 4.23. The van der Waals surface area contributed by atoms with Gasteiger partial charge < -0.3 is 14.4 Å². The van der Waals surface area contributed by atoms with Crippen LogP contribution in [0.2, 0.25) is 0 Å². The molecule has 182 valence electrons. The highest BCUT2D eigenvalue weighted by atomic mass is 19.3. The van der Waals surface area contributed by atoms with Crippen LogP contribution in [0, 0.1) is 0 Å². The lowest BCUT2D eigenvalue weighted by molar-refractivity contribution is -0.130. The minimum atomic E-state index is -2.97. The van der Waals surface area contributed by atoms with Crippen molar-refractivity contribution in [1.82, 2.24) is 9.80 Å². The zero-order valence-electron chi connectivity index (χ0n) is 19.3. The van der Waals surface area contributed by atoms with Crippen molar-refractivity contribution in [3.63, 3.8) is 0 Å². The van der Waals surface area contributed by atoms with Crippen molar-refractivity contribution in [2.24, 2.45) is 0 Å². The third-order valence-corrected chi connectivity index (χ3v) is 5.92. The zero-order valence-corrected chi connectivity index (χ0v) is 19.3. The first kappa shape index (κ1) is 24.1. The van der Waals surface area contributed by atoms with Crippen molar-refractivity contribution in [3.8, 4) is 11.5 Å². The molecule has 0 unspecified atom stereocenters. The van der Waals surface area contributed by atoms with Crippen LogP contribution in [-0.4, -0.2) is 54.8 Å². The highest BCUT2D eigenvalue weighted by molar-refractivity contribution is 6.25. The Hall–Kier alpha value is -4.01. The fraction of sp³-hybridized carbons (Fsp3) is 0.269. The van der Waals surface area contributed by atoms with E-state index in [1.807, 2.05) is 12.1 Å². The van der Waals surface area contributed by atoms with Gasteiger partial charge in [-0.2, -0.15) is 8.78 Å². The molecule has 0 aromatic heterocycles. The van der Waals surface area contributed by atoms with Crippen molar-refractivity contribution >= 4 is 28.5 Å². The lowest BCUT2D eigenvalue weighted by Gasteiger charge is -2.27. The van der Waals surface area contributed by atoms with Gasteiger partial charge in [-0.15, -0.1) is 0 Å². The summed E-state index contributed by atoms with van der Waals surface area (Å²) < 4.78 is 34.5. The number of alkyl halides is 2. The number of benzene rings is 3. The van der Waals surface area contributed by atoms with Gasteiger partial charge >= 0.3 is 6.61 Å². The number of methoxy groups -OCH3 is 1. The lowest BCUT2D eigenvalue weighted by atomic mass is 9.94. The van der Waals surface area contributed by atoms with E-state index in [2.05, 4.69) is 4.74 Å². The van der Waals surface area contributed by atoms with Gasteiger partial charge in [0, 0.05) is 43.1 Å². The van der Waals surface area contributed by atoms with E-state index < -0.39 is 6.61 Å². The average molecular weight is 482 g/mol. The molecule has 0 N–H and O–H groups in total. The van der Waals surface area contributed by atoms with Crippen LogP contribution in [0.4, 0.5) is 8.78 Å². The van der Waals surface area contributed by atoms with E-state index in [-0.39, 0.29) is 48.7 Å². The van der Waals surface area contributed by atoms with Crippen LogP contribution < -0.4 is 9.47 Å². The van der Waals surface area contributed by atoms with Crippen LogP contribution in [-0.2, 0) is 11.3 Å². The van der Waals surface area contributed by atoms with Gasteiger partial charge in [-0.25, -0.2) is 0 Å².